The van der Waals surface area contributed by atoms with E-state index in [2.05, 4.69) is 54.5 Å². The van der Waals surface area contributed by atoms with Gasteiger partial charge in [-0.25, -0.2) is 4.79 Å². The maximum absolute atomic E-state index is 13.6. The van der Waals surface area contributed by atoms with Gasteiger partial charge in [0.25, 0.3) is 0 Å². The van der Waals surface area contributed by atoms with Crippen LogP contribution in [0.5, 0.6) is 5.75 Å². The third-order valence-corrected chi connectivity index (χ3v) is 15.3. The van der Waals surface area contributed by atoms with Gasteiger partial charge in [0.1, 0.15) is 11.9 Å². The lowest BCUT2D eigenvalue weighted by molar-refractivity contribution is -0.213. The standard InChI is InChI=1S/C41H58O5/c1-26-18-23-41(36(43)45-9)25-24-39(6)30(35(41)27(26)2)15-16-32-38(5)21-20-33(37(3,4)31(38)19-22-40(32,39)7)46-34(42)17-12-28-10-13-29(44-8)14-11-28/h10-15,17,26-27,31-33,35H,16,18-25H2,1-9H3/t26-,27+,31+,32-,33+,35+,38+,39-,40-,41+/m1/s1. The van der Waals surface area contributed by atoms with E-state index in [1.165, 1.54) is 6.42 Å². The Morgan fingerprint density at radius 3 is 2.24 bits per heavy atom. The number of ether oxygens (including phenoxy) is 3. The van der Waals surface area contributed by atoms with Gasteiger partial charge in [-0.1, -0.05) is 72.2 Å². The van der Waals surface area contributed by atoms with E-state index in [4.69, 9.17) is 14.2 Å². The summed E-state index contributed by atoms with van der Waals surface area (Å²) in [6, 6.07) is 7.68. The van der Waals surface area contributed by atoms with Crippen molar-refractivity contribution >= 4 is 18.0 Å². The van der Waals surface area contributed by atoms with E-state index < -0.39 is 0 Å². The van der Waals surface area contributed by atoms with Gasteiger partial charge >= 0.3 is 11.9 Å². The first-order chi connectivity index (χ1) is 21.7. The molecule has 5 heteroatoms. The number of allylic oxidation sites excluding steroid dienone is 2. The highest BCUT2D eigenvalue weighted by molar-refractivity contribution is 5.87. The van der Waals surface area contributed by atoms with Gasteiger partial charge in [-0.05, 0) is 127 Å². The average Bonchev–Trinajstić information content (AvgIpc) is 3.03. The minimum absolute atomic E-state index is 0.0237. The molecule has 10 atom stereocenters. The molecule has 0 saturated heterocycles. The third kappa shape index (κ3) is 4.75. The molecule has 0 radical (unpaired) electrons. The molecule has 4 saturated carbocycles. The van der Waals surface area contributed by atoms with Crippen LogP contribution in [0.4, 0.5) is 0 Å². The van der Waals surface area contributed by atoms with Gasteiger partial charge in [-0.3, -0.25) is 4.79 Å². The molecule has 0 N–H and O–H groups in total. The van der Waals surface area contributed by atoms with Crippen LogP contribution in [-0.2, 0) is 19.1 Å². The zero-order chi connectivity index (χ0) is 33.3. The summed E-state index contributed by atoms with van der Waals surface area (Å²) in [6.45, 7) is 17.2. The van der Waals surface area contributed by atoms with E-state index >= 15 is 0 Å². The lowest BCUT2D eigenvalue weighted by Gasteiger charge is -2.71. The molecular formula is C41H58O5. The van der Waals surface area contributed by atoms with Gasteiger partial charge in [0.15, 0.2) is 0 Å². The summed E-state index contributed by atoms with van der Waals surface area (Å²) in [5.41, 5.74) is 2.41. The molecule has 5 aliphatic carbocycles. The molecule has 6 rings (SSSR count). The Kier molecular flexibility index (Phi) is 8.37. The maximum atomic E-state index is 13.6. The maximum Gasteiger partial charge on any atom is 0.331 e. The van der Waals surface area contributed by atoms with Crippen LogP contribution in [-0.4, -0.2) is 32.3 Å². The lowest BCUT2D eigenvalue weighted by atomic mass is 9.33. The van der Waals surface area contributed by atoms with Gasteiger partial charge in [-0.2, -0.15) is 0 Å². The summed E-state index contributed by atoms with van der Waals surface area (Å²) in [7, 11) is 3.24. The van der Waals surface area contributed by atoms with Crippen molar-refractivity contribution in [1.29, 1.82) is 0 Å². The highest BCUT2D eigenvalue weighted by atomic mass is 16.5. The summed E-state index contributed by atoms with van der Waals surface area (Å²) >= 11 is 0. The average molecular weight is 631 g/mol. The van der Waals surface area contributed by atoms with Crippen LogP contribution in [0.3, 0.4) is 0 Å². The van der Waals surface area contributed by atoms with Crippen LogP contribution < -0.4 is 4.74 Å². The quantitative estimate of drug-likeness (QED) is 0.184. The number of hydrogen-bond acceptors (Lipinski definition) is 5. The molecule has 0 heterocycles. The van der Waals surface area contributed by atoms with E-state index in [1.807, 2.05) is 30.3 Å². The Bertz CT molecular complexity index is 1410. The first-order valence-corrected chi connectivity index (χ1v) is 18.0. The van der Waals surface area contributed by atoms with Crippen LogP contribution >= 0.6 is 0 Å². The Morgan fingerprint density at radius 1 is 0.848 bits per heavy atom. The molecule has 4 fully saturated rings. The summed E-state index contributed by atoms with van der Waals surface area (Å²) in [4.78, 5) is 26.7. The van der Waals surface area contributed by atoms with Crippen molar-refractivity contribution < 1.29 is 23.8 Å². The van der Waals surface area contributed by atoms with Crippen molar-refractivity contribution in [2.45, 2.75) is 112 Å². The van der Waals surface area contributed by atoms with Gasteiger partial charge in [0.2, 0.25) is 0 Å². The van der Waals surface area contributed by atoms with Crippen molar-refractivity contribution in [3.8, 4) is 5.75 Å². The number of hydrogen-bond donors (Lipinski definition) is 0. The first kappa shape index (κ1) is 33.3. The molecule has 1 aromatic carbocycles. The number of carbonyl (C=O) groups is 2. The van der Waals surface area contributed by atoms with Crippen molar-refractivity contribution in [1.82, 2.24) is 0 Å². The first-order valence-electron chi connectivity index (χ1n) is 18.0. The third-order valence-electron chi connectivity index (χ3n) is 15.3. The van der Waals surface area contributed by atoms with Crippen molar-refractivity contribution in [3.05, 3.63) is 47.6 Å². The molecule has 0 amide bonds. The second-order valence-corrected chi connectivity index (χ2v) is 17.2. The smallest absolute Gasteiger partial charge is 0.331 e. The van der Waals surface area contributed by atoms with E-state index in [1.54, 1.807) is 25.9 Å². The minimum Gasteiger partial charge on any atom is -0.497 e. The fourth-order valence-corrected chi connectivity index (χ4v) is 12.3. The Morgan fingerprint density at radius 2 is 1.57 bits per heavy atom. The summed E-state index contributed by atoms with van der Waals surface area (Å²) in [5.74, 6) is 2.93. The predicted octanol–water partition coefficient (Wildman–Crippen LogP) is 9.45. The Balaban J connectivity index is 1.26. The summed E-state index contributed by atoms with van der Waals surface area (Å²) < 4.78 is 17.1. The molecule has 0 spiro atoms. The van der Waals surface area contributed by atoms with Gasteiger partial charge in [0, 0.05) is 11.5 Å². The summed E-state index contributed by atoms with van der Waals surface area (Å²) in [5, 5.41) is 0. The minimum atomic E-state index is -0.373. The Labute approximate surface area is 277 Å². The summed E-state index contributed by atoms with van der Waals surface area (Å²) in [6.07, 6.45) is 15.3. The molecule has 5 aliphatic rings. The largest absolute Gasteiger partial charge is 0.497 e. The monoisotopic (exact) mass is 630 g/mol. The number of carbonyl (C=O) groups excluding carboxylic acids is 2. The van der Waals surface area contributed by atoms with Crippen LogP contribution in [0.15, 0.2) is 42.0 Å². The molecule has 0 bridgehead atoms. The second-order valence-electron chi connectivity index (χ2n) is 17.2. The molecular weight excluding hydrogens is 572 g/mol. The fraction of sp³-hybridized carbons (Fsp3) is 0.707. The van der Waals surface area contributed by atoms with E-state index in [0.29, 0.717) is 23.7 Å². The molecule has 252 valence electrons. The van der Waals surface area contributed by atoms with E-state index in [9.17, 15) is 9.59 Å². The normalized spacial score (nSPS) is 42.8. The van der Waals surface area contributed by atoms with Gasteiger partial charge in [0.05, 0.1) is 19.6 Å². The van der Waals surface area contributed by atoms with Crippen LogP contribution in [0.2, 0.25) is 0 Å². The number of fused-ring (bicyclic) bond motifs is 7. The fourth-order valence-electron chi connectivity index (χ4n) is 12.3. The molecule has 0 aliphatic heterocycles. The van der Waals surface area contributed by atoms with E-state index in [0.717, 1.165) is 62.7 Å². The number of rotatable bonds is 5. The number of esters is 2. The van der Waals surface area contributed by atoms with E-state index in [-0.39, 0.29) is 51.0 Å². The number of methoxy groups -OCH3 is 2. The van der Waals surface area contributed by atoms with Crippen molar-refractivity contribution in [2.75, 3.05) is 14.2 Å². The second kappa shape index (κ2) is 11.5. The SMILES string of the molecule is COC(=O)[C@]12CC[C@@H](C)[C@H](C)[C@H]1C1=CC[C@@H]3[C@@]4(C)CC[C@H](OC(=O)C=Cc5ccc(OC)cc5)C(C)(C)[C@@H]4CC[C@@]3(C)[C@]1(C)CC2. The highest BCUT2D eigenvalue weighted by Gasteiger charge is 2.69. The van der Waals surface area contributed by atoms with Gasteiger partial charge < -0.3 is 14.2 Å². The van der Waals surface area contributed by atoms with Crippen LogP contribution in [0.25, 0.3) is 6.08 Å². The van der Waals surface area contributed by atoms with Gasteiger partial charge in [-0.15, -0.1) is 0 Å². The van der Waals surface area contributed by atoms with Crippen molar-refractivity contribution in [2.24, 2.45) is 56.7 Å². The topological polar surface area (TPSA) is 61.8 Å². The number of benzene rings is 1. The zero-order valence-corrected chi connectivity index (χ0v) is 29.9. The molecule has 1 aromatic rings. The molecule has 0 aromatic heterocycles. The van der Waals surface area contributed by atoms with Crippen LogP contribution in [0.1, 0.15) is 112 Å². The molecule has 0 unspecified atom stereocenters. The zero-order valence-electron chi connectivity index (χ0n) is 29.9. The Hall–Kier alpha value is -2.56. The molecule has 5 nitrogen and oxygen atoms in total. The van der Waals surface area contributed by atoms with Crippen LogP contribution in [0, 0.1) is 56.7 Å². The molecule has 46 heavy (non-hydrogen) atoms. The van der Waals surface area contributed by atoms with Crippen molar-refractivity contribution in [3.63, 3.8) is 0 Å². The lowest BCUT2D eigenvalue weighted by Crippen LogP contribution is -2.65. The highest BCUT2D eigenvalue weighted by Crippen LogP contribution is 2.76. The predicted molar refractivity (Wildman–Crippen MR) is 183 cm³/mol.